The molecule has 1 N–H and O–H groups in total. The molecule has 1 amide bonds. The average molecular weight is 397 g/mol. The predicted molar refractivity (Wildman–Crippen MR) is 109 cm³/mol. The van der Waals surface area contributed by atoms with Gasteiger partial charge in [-0.1, -0.05) is 18.2 Å². The molecule has 8 heteroatoms. The summed E-state index contributed by atoms with van der Waals surface area (Å²) in [5.41, 5.74) is 1.25. The standard InChI is InChI=1S/C21H23N3O5/c1-14-20(21(26)24(23(14)2)15-8-6-5-7-9-15)22-19(25)13-29-18-11-16(27-3)10-17(12-18)28-4/h5-12H,13H2,1-4H3,(H,22,25). The van der Waals surface area contributed by atoms with Gasteiger partial charge in [-0.15, -0.1) is 0 Å². The lowest BCUT2D eigenvalue weighted by Crippen LogP contribution is -2.25. The summed E-state index contributed by atoms with van der Waals surface area (Å²) in [4.78, 5) is 25.2. The quantitative estimate of drug-likeness (QED) is 0.662. The Balaban J connectivity index is 1.76. The first kappa shape index (κ1) is 20.1. The van der Waals surface area contributed by atoms with Crippen molar-refractivity contribution in [3.8, 4) is 22.9 Å². The third-order valence-electron chi connectivity index (χ3n) is 4.51. The van der Waals surface area contributed by atoms with Crippen molar-refractivity contribution in [2.75, 3.05) is 26.1 Å². The zero-order chi connectivity index (χ0) is 21.0. The van der Waals surface area contributed by atoms with Crippen molar-refractivity contribution in [1.29, 1.82) is 0 Å². The molecule has 0 unspecified atom stereocenters. The number of hydrogen-bond donors (Lipinski definition) is 1. The fraction of sp³-hybridized carbons (Fsp3) is 0.238. The highest BCUT2D eigenvalue weighted by atomic mass is 16.5. The lowest BCUT2D eigenvalue weighted by atomic mass is 10.3. The monoisotopic (exact) mass is 397 g/mol. The Kier molecular flexibility index (Phi) is 5.92. The van der Waals surface area contributed by atoms with Gasteiger partial charge in [0.25, 0.3) is 11.5 Å². The number of methoxy groups -OCH3 is 2. The van der Waals surface area contributed by atoms with E-state index in [-0.39, 0.29) is 17.9 Å². The van der Waals surface area contributed by atoms with Gasteiger partial charge in [0.1, 0.15) is 22.9 Å². The second kappa shape index (κ2) is 8.55. The van der Waals surface area contributed by atoms with Gasteiger partial charge in [-0.25, -0.2) is 4.68 Å². The van der Waals surface area contributed by atoms with Gasteiger partial charge < -0.3 is 19.5 Å². The molecule has 3 aromatic rings. The lowest BCUT2D eigenvalue weighted by molar-refractivity contribution is -0.118. The van der Waals surface area contributed by atoms with Crippen LogP contribution in [-0.4, -0.2) is 36.1 Å². The summed E-state index contributed by atoms with van der Waals surface area (Å²) in [6.07, 6.45) is 0. The third kappa shape index (κ3) is 4.26. The molecule has 0 aliphatic carbocycles. The highest BCUT2D eigenvalue weighted by Crippen LogP contribution is 2.27. The van der Waals surface area contributed by atoms with E-state index in [1.807, 2.05) is 30.3 Å². The van der Waals surface area contributed by atoms with Crippen LogP contribution in [0.5, 0.6) is 17.2 Å². The average Bonchev–Trinajstić information content (AvgIpc) is 2.95. The highest BCUT2D eigenvalue weighted by molar-refractivity contribution is 5.92. The van der Waals surface area contributed by atoms with E-state index in [1.54, 1.807) is 36.9 Å². The number of carbonyl (C=O) groups is 1. The van der Waals surface area contributed by atoms with Crippen molar-refractivity contribution in [3.63, 3.8) is 0 Å². The Hall–Kier alpha value is -3.68. The Morgan fingerprint density at radius 2 is 1.59 bits per heavy atom. The van der Waals surface area contributed by atoms with E-state index in [2.05, 4.69) is 5.32 Å². The van der Waals surface area contributed by atoms with Crippen LogP contribution in [-0.2, 0) is 11.8 Å². The van der Waals surface area contributed by atoms with Gasteiger partial charge in [-0.2, -0.15) is 0 Å². The van der Waals surface area contributed by atoms with E-state index >= 15 is 0 Å². The van der Waals surface area contributed by atoms with Gasteiger partial charge in [-0.05, 0) is 19.1 Å². The molecule has 0 aliphatic rings. The van der Waals surface area contributed by atoms with Crippen LogP contribution >= 0.6 is 0 Å². The van der Waals surface area contributed by atoms with Gasteiger partial charge in [-0.3, -0.25) is 14.3 Å². The highest BCUT2D eigenvalue weighted by Gasteiger charge is 2.18. The Morgan fingerprint density at radius 3 is 2.17 bits per heavy atom. The Morgan fingerprint density at radius 1 is 1.00 bits per heavy atom. The van der Waals surface area contributed by atoms with Crippen molar-refractivity contribution in [3.05, 3.63) is 64.6 Å². The SMILES string of the molecule is COc1cc(OC)cc(OCC(=O)Nc2c(C)n(C)n(-c3ccccc3)c2=O)c1. The molecule has 1 aromatic heterocycles. The minimum absolute atomic E-state index is 0.216. The molecule has 1 heterocycles. The number of aromatic nitrogens is 2. The zero-order valence-electron chi connectivity index (χ0n) is 16.8. The number of para-hydroxylation sites is 1. The largest absolute Gasteiger partial charge is 0.496 e. The Bertz CT molecular complexity index is 1050. The van der Waals surface area contributed by atoms with E-state index in [9.17, 15) is 9.59 Å². The molecule has 0 atom stereocenters. The van der Waals surface area contributed by atoms with Crippen LogP contribution < -0.4 is 25.1 Å². The summed E-state index contributed by atoms with van der Waals surface area (Å²) in [6, 6.07) is 14.2. The normalized spacial score (nSPS) is 10.5. The summed E-state index contributed by atoms with van der Waals surface area (Å²) >= 11 is 0. The number of rotatable bonds is 7. The van der Waals surface area contributed by atoms with Gasteiger partial charge in [0.05, 0.1) is 25.6 Å². The Labute approximate surface area is 168 Å². The lowest BCUT2D eigenvalue weighted by Gasteiger charge is -2.10. The number of amides is 1. The van der Waals surface area contributed by atoms with E-state index < -0.39 is 5.91 Å². The first-order chi connectivity index (χ1) is 13.9. The van der Waals surface area contributed by atoms with Crippen molar-refractivity contribution in [1.82, 2.24) is 9.36 Å². The maximum absolute atomic E-state index is 12.8. The number of nitrogens with one attached hydrogen (secondary N) is 1. The van der Waals surface area contributed by atoms with Crippen LogP contribution in [0.4, 0.5) is 5.69 Å². The molecule has 0 fully saturated rings. The van der Waals surface area contributed by atoms with E-state index in [1.165, 1.54) is 18.9 Å². The molecule has 29 heavy (non-hydrogen) atoms. The number of hydrogen-bond acceptors (Lipinski definition) is 5. The molecule has 0 spiro atoms. The van der Waals surface area contributed by atoms with Crippen LogP contribution in [0.2, 0.25) is 0 Å². The van der Waals surface area contributed by atoms with Crippen LogP contribution in [0.3, 0.4) is 0 Å². The van der Waals surface area contributed by atoms with Gasteiger partial charge in [0.15, 0.2) is 6.61 Å². The molecule has 2 aromatic carbocycles. The summed E-state index contributed by atoms with van der Waals surface area (Å²) in [6.45, 7) is 1.50. The maximum Gasteiger partial charge on any atom is 0.295 e. The van der Waals surface area contributed by atoms with Crippen LogP contribution in [0.1, 0.15) is 5.69 Å². The number of ether oxygens (including phenoxy) is 3. The van der Waals surface area contributed by atoms with Gasteiger partial charge in [0, 0.05) is 25.2 Å². The maximum atomic E-state index is 12.8. The molecule has 152 valence electrons. The first-order valence-electron chi connectivity index (χ1n) is 8.94. The fourth-order valence-corrected chi connectivity index (χ4v) is 2.90. The third-order valence-corrected chi connectivity index (χ3v) is 4.51. The summed E-state index contributed by atoms with van der Waals surface area (Å²) in [5, 5.41) is 2.66. The van der Waals surface area contributed by atoms with Crippen molar-refractivity contribution in [2.45, 2.75) is 6.92 Å². The molecule has 0 saturated heterocycles. The molecule has 8 nitrogen and oxygen atoms in total. The summed E-state index contributed by atoms with van der Waals surface area (Å²) in [7, 11) is 4.82. The number of carbonyl (C=O) groups excluding carboxylic acids is 1. The molecular formula is C21H23N3O5. The van der Waals surface area contributed by atoms with Crippen LogP contribution in [0.25, 0.3) is 5.69 Å². The predicted octanol–water partition coefficient (Wildman–Crippen LogP) is 2.52. The molecule has 0 saturated carbocycles. The fourth-order valence-electron chi connectivity index (χ4n) is 2.90. The topological polar surface area (TPSA) is 83.7 Å². The number of anilines is 1. The second-order valence-corrected chi connectivity index (χ2v) is 6.32. The first-order valence-corrected chi connectivity index (χ1v) is 8.94. The molecule has 3 rings (SSSR count). The minimum Gasteiger partial charge on any atom is -0.496 e. The molecule has 0 radical (unpaired) electrons. The smallest absolute Gasteiger partial charge is 0.295 e. The van der Waals surface area contributed by atoms with Crippen molar-refractivity contribution in [2.24, 2.45) is 7.05 Å². The van der Waals surface area contributed by atoms with E-state index in [0.717, 1.165) is 0 Å². The molecule has 0 bridgehead atoms. The van der Waals surface area contributed by atoms with E-state index in [0.29, 0.717) is 28.6 Å². The second-order valence-electron chi connectivity index (χ2n) is 6.32. The van der Waals surface area contributed by atoms with Gasteiger partial charge in [0.2, 0.25) is 0 Å². The number of benzene rings is 2. The molecule has 0 aliphatic heterocycles. The van der Waals surface area contributed by atoms with Crippen molar-refractivity contribution < 1.29 is 19.0 Å². The zero-order valence-corrected chi connectivity index (χ0v) is 16.8. The van der Waals surface area contributed by atoms with Crippen LogP contribution in [0.15, 0.2) is 53.3 Å². The number of nitrogens with zero attached hydrogens (tertiary/aromatic N) is 2. The minimum atomic E-state index is -0.446. The summed E-state index contributed by atoms with van der Waals surface area (Å²) < 4.78 is 19.1. The van der Waals surface area contributed by atoms with Gasteiger partial charge >= 0.3 is 0 Å². The van der Waals surface area contributed by atoms with Crippen molar-refractivity contribution >= 4 is 11.6 Å². The molecular weight excluding hydrogens is 374 g/mol. The van der Waals surface area contributed by atoms with E-state index in [4.69, 9.17) is 14.2 Å². The summed E-state index contributed by atoms with van der Waals surface area (Å²) in [5.74, 6) is 1.06. The van der Waals surface area contributed by atoms with Crippen LogP contribution in [0, 0.1) is 6.92 Å².